The minimum absolute atomic E-state index is 0.0989. The molecule has 0 aliphatic rings. The normalized spacial score (nSPS) is 10.8. The Balaban J connectivity index is 1.79. The first-order valence-corrected chi connectivity index (χ1v) is 10.5. The van der Waals surface area contributed by atoms with E-state index in [1.807, 2.05) is 67.6 Å². The third-order valence-electron chi connectivity index (χ3n) is 5.65. The molecule has 0 radical (unpaired) electrons. The van der Waals surface area contributed by atoms with Crippen molar-refractivity contribution < 1.29 is 9.53 Å². The second-order valence-electron chi connectivity index (χ2n) is 7.51. The van der Waals surface area contributed by atoms with E-state index in [0.29, 0.717) is 17.9 Å². The van der Waals surface area contributed by atoms with Gasteiger partial charge in [-0.05, 0) is 42.2 Å². The number of nitrogens with zero attached hydrogens (tertiary/aromatic N) is 1. The van der Waals surface area contributed by atoms with Crippen molar-refractivity contribution in [1.82, 2.24) is 10.3 Å². The summed E-state index contributed by atoms with van der Waals surface area (Å²) in [6.45, 7) is 4.58. The van der Waals surface area contributed by atoms with Gasteiger partial charge in [0.2, 0.25) is 0 Å². The van der Waals surface area contributed by atoms with Crippen molar-refractivity contribution in [1.29, 1.82) is 0 Å². The van der Waals surface area contributed by atoms with Gasteiger partial charge in [-0.25, -0.2) is 4.98 Å². The van der Waals surface area contributed by atoms with E-state index in [0.717, 1.165) is 39.7 Å². The monoisotopic (exact) mass is 410 g/mol. The Kier molecular flexibility index (Phi) is 5.99. The van der Waals surface area contributed by atoms with Gasteiger partial charge in [-0.15, -0.1) is 0 Å². The van der Waals surface area contributed by atoms with Crippen LogP contribution in [0.25, 0.3) is 22.2 Å². The lowest BCUT2D eigenvalue weighted by molar-refractivity contribution is 0.0952. The molecule has 31 heavy (non-hydrogen) atoms. The first-order valence-electron chi connectivity index (χ1n) is 10.5. The number of aromatic nitrogens is 1. The zero-order chi connectivity index (χ0) is 21.8. The molecule has 0 saturated heterocycles. The lowest BCUT2D eigenvalue weighted by Crippen LogP contribution is -2.25. The van der Waals surface area contributed by atoms with Gasteiger partial charge in [0.05, 0.1) is 23.9 Å². The molecule has 0 aliphatic carbocycles. The third-order valence-corrected chi connectivity index (χ3v) is 5.65. The summed E-state index contributed by atoms with van der Waals surface area (Å²) in [5.74, 6) is 0.615. The van der Waals surface area contributed by atoms with E-state index in [-0.39, 0.29) is 5.91 Å². The van der Waals surface area contributed by atoms with Crippen molar-refractivity contribution in [3.8, 4) is 17.0 Å². The molecular weight excluding hydrogens is 384 g/mol. The van der Waals surface area contributed by atoms with Crippen LogP contribution in [0.2, 0.25) is 0 Å². The molecule has 4 heteroatoms. The molecule has 3 aromatic carbocycles. The van der Waals surface area contributed by atoms with Crippen LogP contribution in [0.1, 0.15) is 34.0 Å². The maximum atomic E-state index is 13.4. The lowest BCUT2D eigenvalue weighted by atomic mass is 9.97. The van der Waals surface area contributed by atoms with E-state index in [2.05, 4.69) is 24.4 Å². The van der Waals surface area contributed by atoms with E-state index in [9.17, 15) is 4.79 Å². The number of aryl methyl sites for hydroxylation is 1. The first kappa shape index (κ1) is 20.6. The highest BCUT2D eigenvalue weighted by atomic mass is 16.5. The molecule has 0 atom stereocenters. The summed E-state index contributed by atoms with van der Waals surface area (Å²) < 4.78 is 5.39. The van der Waals surface area contributed by atoms with Crippen LogP contribution in [-0.2, 0) is 13.0 Å². The maximum absolute atomic E-state index is 13.4. The number of pyridine rings is 1. The highest BCUT2D eigenvalue weighted by Crippen LogP contribution is 2.31. The molecular formula is C27H26N2O2. The van der Waals surface area contributed by atoms with Crippen LogP contribution in [0.3, 0.4) is 0 Å². The summed E-state index contributed by atoms with van der Waals surface area (Å²) >= 11 is 0. The molecule has 0 spiro atoms. The maximum Gasteiger partial charge on any atom is 0.252 e. The van der Waals surface area contributed by atoms with Gasteiger partial charge in [-0.1, -0.05) is 61.5 Å². The molecule has 0 aliphatic heterocycles. The number of nitrogens with one attached hydrogen (secondary N) is 1. The number of benzene rings is 3. The van der Waals surface area contributed by atoms with E-state index in [1.165, 1.54) is 5.56 Å². The fourth-order valence-electron chi connectivity index (χ4n) is 3.98. The Hall–Kier alpha value is -3.66. The number of fused-ring (bicyclic) bond motifs is 1. The van der Waals surface area contributed by atoms with Gasteiger partial charge < -0.3 is 10.1 Å². The summed E-state index contributed by atoms with van der Waals surface area (Å²) in [5.41, 5.74) is 6.43. The first-order chi connectivity index (χ1) is 15.1. The molecule has 0 unspecified atom stereocenters. The molecule has 4 aromatic rings. The Morgan fingerprint density at radius 1 is 0.968 bits per heavy atom. The topological polar surface area (TPSA) is 51.2 Å². The summed E-state index contributed by atoms with van der Waals surface area (Å²) in [4.78, 5) is 18.3. The second kappa shape index (κ2) is 9.00. The van der Waals surface area contributed by atoms with E-state index in [1.54, 1.807) is 7.11 Å². The van der Waals surface area contributed by atoms with Gasteiger partial charge in [0.25, 0.3) is 5.91 Å². The van der Waals surface area contributed by atoms with Crippen LogP contribution in [0.15, 0.2) is 72.8 Å². The third kappa shape index (κ3) is 4.15. The van der Waals surface area contributed by atoms with Crippen molar-refractivity contribution >= 4 is 16.8 Å². The van der Waals surface area contributed by atoms with Crippen LogP contribution in [0.5, 0.6) is 5.75 Å². The van der Waals surface area contributed by atoms with Crippen molar-refractivity contribution in [2.24, 2.45) is 0 Å². The van der Waals surface area contributed by atoms with Gasteiger partial charge in [-0.3, -0.25) is 4.79 Å². The van der Waals surface area contributed by atoms with E-state index < -0.39 is 0 Å². The minimum Gasteiger partial charge on any atom is -0.497 e. The molecule has 1 amide bonds. The zero-order valence-electron chi connectivity index (χ0n) is 18.1. The molecule has 1 aromatic heterocycles. The highest BCUT2D eigenvalue weighted by molar-refractivity contribution is 6.09. The van der Waals surface area contributed by atoms with E-state index >= 15 is 0 Å². The van der Waals surface area contributed by atoms with Crippen molar-refractivity contribution in [3.63, 3.8) is 0 Å². The minimum atomic E-state index is -0.0989. The number of methoxy groups -OCH3 is 1. The largest absolute Gasteiger partial charge is 0.497 e. The number of hydrogen-bond donors (Lipinski definition) is 1. The number of amides is 1. The number of ether oxygens (including phenoxy) is 1. The number of carbonyl (C=O) groups is 1. The quantitative estimate of drug-likeness (QED) is 0.443. The lowest BCUT2D eigenvalue weighted by Gasteiger charge is -2.16. The molecule has 0 fully saturated rings. The second-order valence-corrected chi connectivity index (χ2v) is 7.51. The van der Waals surface area contributed by atoms with Gasteiger partial charge in [0, 0.05) is 23.6 Å². The molecule has 156 valence electrons. The van der Waals surface area contributed by atoms with Crippen LogP contribution in [0, 0.1) is 6.92 Å². The Bertz CT molecular complexity index is 1230. The van der Waals surface area contributed by atoms with Crippen molar-refractivity contribution in [2.75, 3.05) is 7.11 Å². The van der Waals surface area contributed by atoms with Gasteiger partial charge in [-0.2, -0.15) is 0 Å². The average Bonchev–Trinajstić information content (AvgIpc) is 2.82. The molecule has 4 nitrogen and oxygen atoms in total. The Labute approximate surface area is 182 Å². The summed E-state index contributed by atoms with van der Waals surface area (Å²) in [7, 11) is 1.63. The van der Waals surface area contributed by atoms with Gasteiger partial charge in [0.15, 0.2) is 0 Å². The van der Waals surface area contributed by atoms with Crippen LogP contribution in [0.4, 0.5) is 0 Å². The molecule has 4 rings (SSSR count). The predicted molar refractivity (Wildman–Crippen MR) is 125 cm³/mol. The van der Waals surface area contributed by atoms with Crippen LogP contribution in [-0.4, -0.2) is 18.0 Å². The van der Waals surface area contributed by atoms with Gasteiger partial charge >= 0.3 is 0 Å². The smallest absolute Gasteiger partial charge is 0.252 e. The summed E-state index contributed by atoms with van der Waals surface area (Å²) in [6.07, 6.45) is 0.932. The molecule has 0 bridgehead atoms. The van der Waals surface area contributed by atoms with Crippen LogP contribution >= 0.6 is 0 Å². The highest BCUT2D eigenvalue weighted by Gasteiger charge is 2.19. The average molecular weight is 411 g/mol. The summed E-state index contributed by atoms with van der Waals surface area (Å²) in [6, 6.07) is 23.8. The fraction of sp³-hybridized carbons (Fsp3) is 0.185. The number of rotatable bonds is 6. The molecule has 1 N–H and O–H groups in total. The Morgan fingerprint density at radius 2 is 1.68 bits per heavy atom. The molecule has 1 heterocycles. The molecule has 0 saturated carbocycles. The Morgan fingerprint density at radius 3 is 2.39 bits per heavy atom. The van der Waals surface area contributed by atoms with Crippen molar-refractivity contribution in [3.05, 3.63) is 95.1 Å². The van der Waals surface area contributed by atoms with Crippen LogP contribution < -0.4 is 10.1 Å². The fourth-order valence-corrected chi connectivity index (χ4v) is 3.98. The number of hydrogen-bond acceptors (Lipinski definition) is 3. The summed E-state index contributed by atoms with van der Waals surface area (Å²) in [5, 5.41) is 3.95. The zero-order valence-corrected chi connectivity index (χ0v) is 18.1. The van der Waals surface area contributed by atoms with Crippen molar-refractivity contribution in [2.45, 2.75) is 26.8 Å². The predicted octanol–water partition coefficient (Wildman–Crippen LogP) is 5.71. The van der Waals surface area contributed by atoms with Gasteiger partial charge in [0.1, 0.15) is 5.75 Å². The standard InChI is InChI=1S/C27H26N2O2/c1-4-19-10-8-9-13-21(19)17-28-27(30)25-18(2)26(20-11-6-5-7-12-20)29-24-16-22(31-3)14-15-23(24)25/h5-16H,4,17H2,1-3H3,(H,28,30). The number of carbonyl (C=O) groups excluding carboxylic acids is 1. The van der Waals surface area contributed by atoms with E-state index in [4.69, 9.17) is 9.72 Å². The SMILES string of the molecule is CCc1ccccc1CNC(=O)c1c(C)c(-c2ccccc2)nc2cc(OC)ccc12.